The molecular weight excluding hydrogens is 367 g/mol. The van der Waals surface area contributed by atoms with Gasteiger partial charge in [0.25, 0.3) is 5.69 Å². The molecule has 0 aromatic heterocycles. The third-order valence-corrected chi connectivity index (χ3v) is 3.49. The van der Waals surface area contributed by atoms with Gasteiger partial charge in [0.2, 0.25) is 15.9 Å². The highest BCUT2D eigenvalue weighted by molar-refractivity contribution is 6.68. The van der Waals surface area contributed by atoms with E-state index in [2.05, 4.69) is 5.32 Å². The Kier molecular flexibility index (Phi) is 7.88. The number of benzene rings is 1. The molecule has 0 aliphatic carbocycles. The Morgan fingerprint density at radius 3 is 2.39 bits per heavy atom. The van der Waals surface area contributed by atoms with Crippen molar-refractivity contribution in [3.8, 4) is 5.75 Å². The van der Waals surface area contributed by atoms with Crippen LogP contribution in [0.3, 0.4) is 0 Å². The molecular formula is C14H17Cl3N2O4. The number of rotatable bonds is 8. The van der Waals surface area contributed by atoms with E-state index >= 15 is 0 Å². The van der Waals surface area contributed by atoms with E-state index in [-0.39, 0.29) is 17.3 Å². The molecule has 0 spiro atoms. The highest BCUT2D eigenvalue weighted by Gasteiger charge is 2.36. The van der Waals surface area contributed by atoms with Gasteiger partial charge in [-0.15, -0.1) is 0 Å². The number of nitro groups is 1. The van der Waals surface area contributed by atoms with Gasteiger partial charge in [-0.25, -0.2) is 0 Å². The minimum Gasteiger partial charge on any atom is -0.466 e. The maximum absolute atomic E-state index is 11.9. The van der Waals surface area contributed by atoms with E-state index in [4.69, 9.17) is 39.5 Å². The van der Waals surface area contributed by atoms with Gasteiger partial charge in [-0.05, 0) is 18.6 Å². The highest BCUT2D eigenvalue weighted by Crippen LogP contribution is 2.32. The standard InChI is InChI=1S/C14H17Cl3N2O4/c1-2-3-4-5-12(20)18-13(14(15,16)17)23-11-8-6-10(7-9-11)19(21)22/h6-9,13H,2-5H2,1H3,(H,18,20)/t13-/m0/s1. The zero-order valence-electron chi connectivity index (χ0n) is 12.4. The van der Waals surface area contributed by atoms with E-state index in [0.717, 1.165) is 19.3 Å². The number of halogens is 3. The van der Waals surface area contributed by atoms with Crippen LogP contribution in [0, 0.1) is 10.1 Å². The van der Waals surface area contributed by atoms with Crippen molar-refractivity contribution in [2.75, 3.05) is 0 Å². The molecule has 1 atom stereocenters. The van der Waals surface area contributed by atoms with Crippen molar-refractivity contribution in [1.82, 2.24) is 5.32 Å². The number of hydrogen-bond acceptors (Lipinski definition) is 4. The lowest BCUT2D eigenvalue weighted by Crippen LogP contribution is -2.47. The summed E-state index contributed by atoms with van der Waals surface area (Å²) in [6.45, 7) is 2.03. The molecule has 0 saturated carbocycles. The summed E-state index contributed by atoms with van der Waals surface area (Å²) in [5.41, 5.74) is -0.0913. The second-order valence-electron chi connectivity index (χ2n) is 4.82. The summed E-state index contributed by atoms with van der Waals surface area (Å²) in [5, 5.41) is 13.1. The molecule has 1 N–H and O–H groups in total. The summed E-state index contributed by atoms with van der Waals surface area (Å²) in [4.78, 5) is 21.9. The van der Waals surface area contributed by atoms with Gasteiger partial charge in [0.05, 0.1) is 4.92 Å². The Morgan fingerprint density at radius 1 is 1.30 bits per heavy atom. The minimum atomic E-state index is -1.89. The Morgan fingerprint density at radius 2 is 1.91 bits per heavy atom. The van der Waals surface area contributed by atoms with Crippen LogP contribution in [0.4, 0.5) is 5.69 Å². The molecule has 1 rings (SSSR count). The molecule has 1 aromatic carbocycles. The van der Waals surface area contributed by atoms with Crippen molar-refractivity contribution in [1.29, 1.82) is 0 Å². The van der Waals surface area contributed by atoms with Crippen molar-refractivity contribution < 1.29 is 14.5 Å². The fourth-order valence-electron chi connectivity index (χ4n) is 1.71. The molecule has 23 heavy (non-hydrogen) atoms. The van der Waals surface area contributed by atoms with E-state index in [0.29, 0.717) is 6.42 Å². The first kappa shape index (κ1) is 19.8. The molecule has 0 aliphatic rings. The molecule has 128 valence electrons. The zero-order chi connectivity index (χ0) is 17.5. The molecule has 1 aromatic rings. The van der Waals surface area contributed by atoms with E-state index in [1.807, 2.05) is 6.92 Å². The van der Waals surface area contributed by atoms with E-state index in [1.54, 1.807) is 0 Å². The molecule has 0 bridgehead atoms. The van der Waals surface area contributed by atoms with Crippen molar-refractivity contribution in [2.24, 2.45) is 0 Å². The van der Waals surface area contributed by atoms with Crippen LogP contribution in [-0.4, -0.2) is 20.9 Å². The quantitative estimate of drug-likeness (QED) is 0.238. The summed E-state index contributed by atoms with van der Waals surface area (Å²) in [5.74, 6) is -0.0579. The number of carbonyl (C=O) groups excluding carboxylic acids is 1. The minimum absolute atomic E-state index is 0.0913. The summed E-state index contributed by atoms with van der Waals surface area (Å²) >= 11 is 17.5. The molecule has 0 saturated heterocycles. The van der Waals surface area contributed by atoms with Crippen LogP contribution < -0.4 is 10.1 Å². The lowest BCUT2D eigenvalue weighted by molar-refractivity contribution is -0.384. The van der Waals surface area contributed by atoms with Gasteiger partial charge in [0, 0.05) is 18.6 Å². The maximum Gasteiger partial charge on any atom is 0.269 e. The monoisotopic (exact) mass is 382 g/mol. The number of nitro benzene ring substituents is 1. The van der Waals surface area contributed by atoms with Crippen LogP contribution in [0.1, 0.15) is 32.6 Å². The molecule has 0 heterocycles. The first-order valence-electron chi connectivity index (χ1n) is 7.01. The number of non-ortho nitro benzene ring substituents is 1. The maximum atomic E-state index is 11.9. The Balaban J connectivity index is 2.71. The summed E-state index contributed by atoms with van der Waals surface area (Å²) < 4.78 is 3.55. The van der Waals surface area contributed by atoms with Crippen LogP contribution in [0.5, 0.6) is 5.75 Å². The number of carbonyl (C=O) groups is 1. The summed E-state index contributed by atoms with van der Waals surface area (Å²) in [7, 11) is 0. The smallest absolute Gasteiger partial charge is 0.269 e. The van der Waals surface area contributed by atoms with E-state index in [1.165, 1.54) is 24.3 Å². The van der Waals surface area contributed by atoms with E-state index in [9.17, 15) is 14.9 Å². The normalized spacial score (nSPS) is 12.5. The van der Waals surface area contributed by atoms with Gasteiger partial charge >= 0.3 is 0 Å². The summed E-state index contributed by atoms with van der Waals surface area (Å²) in [6.07, 6.45) is 1.74. The topological polar surface area (TPSA) is 81.5 Å². The Bertz CT molecular complexity index is 532. The molecule has 6 nitrogen and oxygen atoms in total. The fourth-order valence-corrected chi connectivity index (χ4v) is 2.01. The number of nitrogens with one attached hydrogen (secondary N) is 1. The first-order chi connectivity index (χ1) is 10.7. The second kappa shape index (κ2) is 9.15. The summed E-state index contributed by atoms with van der Waals surface area (Å²) in [6, 6.07) is 5.25. The third-order valence-electron chi connectivity index (χ3n) is 2.90. The average Bonchev–Trinajstić information content (AvgIpc) is 2.46. The molecule has 0 fully saturated rings. The SMILES string of the molecule is CCCCCC(=O)N[C@@H](Oc1ccc([N+](=O)[O-])cc1)C(Cl)(Cl)Cl. The number of ether oxygens (including phenoxy) is 1. The Labute approximate surface area is 149 Å². The number of amides is 1. The number of hydrogen-bond donors (Lipinski definition) is 1. The number of nitrogens with zero attached hydrogens (tertiary/aromatic N) is 1. The van der Waals surface area contributed by atoms with Gasteiger partial charge in [-0.3, -0.25) is 14.9 Å². The van der Waals surface area contributed by atoms with Crippen LogP contribution in [-0.2, 0) is 4.79 Å². The third kappa shape index (κ3) is 7.24. The Hall–Kier alpha value is -1.24. The molecule has 0 unspecified atom stereocenters. The van der Waals surface area contributed by atoms with Crippen LogP contribution in [0.25, 0.3) is 0 Å². The van der Waals surface area contributed by atoms with Gasteiger partial charge in [0.1, 0.15) is 5.75 Å². The van der Waals surface area contributed by atoms with Gasteiger partial charge in [-0.2, -0.15) is 0 Å². The fraction of sp³-hybridized carbons (Fsp3) is 0.500. The zero-order valence-corrected chi connectivity index (χ0v) is 14.7. The van der Waals surface area contributed by atoms with Gasteiger partial charge in [-0.1, -0.05) is 54.6 Å². The highest BCUT2D eigenvalue weighted by atomic mass is 35.6. The van der Waals surface area contributed by atoms with E-state index < -0.39 is 14.9 Å². The number of alkyl halides is 3. The van der Waals surface area contributed by atoms with Crippen molar-refractivity contribution in [3.05, 3.63) is 34.4 Å². The second-order valence-corrected chi connectivity index (χ2v) is 7.18. The van der Waals surface area contributed by atoms with Crippen molar-refractivity contribution in [3.63, 3.8) is 0 Å². The van der Waals surface area contributed by atoms with Gasteiger partial charge in [0.15, 0.2) is 0 Å². The predicted octanol–water partition coefficient (Wildman–Crippen LogP) is 4.37. The lowest BCUT2D eigenvalue weighted by Gasteiger charge is -2.26. The first-order valence-corrected chi connectivity index (χ1v) is 8.14. The average molecular weight is 384 g/mol. The molecule has 0 radical (unpaired) electrons. The van der Waals surface area contributed by atoms with Crippen molar-refractivity contribution >= 4 is 46.4 Å². The van der Waals surface area contributed by atoms with Crippen LogP contribution in [0.2, 0.25) is 0 Å². The molecule has 0 aliphatic heterocycles. The molecule has 1 amide bonds. The van der Waals surface area contributed by atoms with Crippen LogP contribution >= 0.6 is 34.8 Å². The van der Waals surface area contributed by atoms with Crippen molar-refractivity contribution in [2.45, 2.75) is 42.6 Å². The predicted molar refractivity (Wildman–Crippen MR) is 90.1 cm³/mol. The number of unbranched alkanes of at least 4 members (excludes halogenated alkanes) is 2. The van der Waals surface area contributed by atoms with Gasteiger partial charge < -0.3 is 10.1 Å². The molecule has 9 heteroatoms. The lowest BCUT2D eigenvalue weighted by atomic mass is 10.2. The van der Waals surface area contributed by atoms with Crippen LogP contribution in [0.15, 0.2) is 24.3 Å². The largest absolute Gasteiger partial charge is 0.466 e.